The summed E-state index contributed by atoms with van der Waals surface area (Å²) in [6, 6.07) is 7.43. The van der Waals surface area contributed by atoms with Crippen LogP contribution < -0.4 is 11.1 Å². The molecule has 5 N–H and O–H groups in total. The standard InChI is InChI=1S/C15H25N3O2/c1-15(2,3)8-13(19)10-17-9-11-4-6-12(7-5-11)14(16)18-20/h4-7,13,17,19-20H,8-10H2,1-3H3,(H2,16,18). The number of amidine groups is 1. The normalized spacial score (nSPS) is 14.3. The summed E-state index contributed by atoms with van der Waals surface area (Å²) < 4.78 is 0. The van der Waals surface area contributed by atoms with Gasteiger partial charge in [-0.2, -0.15) is 0 Å². The minimum absolute atomic E-state index is 0.102. The molecule has 0 aromatic heterocycles. The molecule has 0 bridgehead atoms. The van der Waals surface area contributed by atoms with E-state index < -0.39 is 0 Å². The van der Waals surface area contributed by atoms with E-state index in [1.165, 1.54) is 0 Å². The molecule has 5 nitrogen and oxygen atoms in total. The fraction of sp³-hybridized carbons (Fsp3) is 0.533. The second kappa shape index (κ2) is 7.26. The third kappa shape index (κ3) is 6.04. The Balaban J connectivity index is 2.39. The van der Waals surface area contributed by atoms with Crippen LogP contribution in [0.4, 0.5) is 0 Å². The number of rotatable bonds is 6. The van der Waals surface area contributed by atoms with Gasteiger partial charge in [0.15, 0.2) is 5.84 Å². The molecule has 0 radical (unpaired) electrons. The van der Waals surface area contributed by atoms with E-state index in [1.54, 1.807) is 12.1 Å². The third-order valence-electron chi connectivity index (χ3n) is 2.91. The molecule has 0 amide bonds. The maximum atomic E-state index is 9.89. The zero-order valence-corrected chi connectivity index (χ0v) is 12.4. The first-order valence-corrected chi connectivity index (χ1v) is 6.77. The van der Waals surface area contributed by atoms with E-state index in [0.717, 1.165) is 12.0 Å². The number of nitrogens with one attached hydrogen (secondary N) is 1. The molecule has 0 fully saturated rings. The number of hydrogen-bond acceptors (Lipinski definition) is 4. The summed E-state index contributed by atoms with van der Waals surface area (Å²) in [5.41, 5.74) is 7.39. The van der Waals surface area contributed by atoms with E-state index >= 15 is 0 Å². The lowest BCUT2D eigenvalue weighted by molar-refractivity contribution is 0.119. The van der Waals surface area contributed by atoms with Crippen molar-refractivity contribution in [3.63, 3.8) is 0 Å². The Morgan fingerprint density at radius 2 is 1.90 bits per heavy atom. The highest BCUT2D eigenvalue weighted by Crippen LogP contribution is 2.20. The first-order valence-electron chi connectivity index (χ1n) is 6.77. The lowest BCUT2D eigenvalue weighted by atomic mass is 9.89. The Morgan fingerprint density at radius 1 is 1.30 bits per heavy atom. The molecule has 0 aliphatic rings. The molecular formula is C15H25N3O2. The topological polar surface area (TPSA) is 90.9 Å². The van der Waals surface area contributed by atoms with Gasteiger partial charge in [-0.05, 0) is 17.4 Å². The SMILES string of the molecule is CC(C)(C)CC(O)CNCc1ccc(/C(N)=N/O)cc1. The zero-order chi connectivity index (χ0) is 15.2. The lowest BCUT2D eigenvalue weighted by Crippen LogP contribution is -2.29. The van der Waals surface area contributed by atoms with Crippen LogP contribution in [0.1, 0.15) is 38.3 Å². The smallest absolute Gasteiger partial charge is 0.170 e. The van der Waals surface area contributed by atoms with Gasteiger partial charge < -0.3 is 21.4 Å². The largest absolute Gasteiger partial charge is 0.409 e. The molecule has 20 heavy (non-hydrogen) atoms. The molecule has 1 atom stereocenters. The highest BCUT2D eigenvalue weighted by Gasteiger charge is 2.16. The molecule has 0 aliphatic carbocycles. The molecule has 0 spiro atoms. The van der Waals surface area contributed by atoms with Crippen LogP contribution in [0.3, 0.4) is 0 Å². The summed E-state index contributed by atoms with van der Waals surface area (Å²) in [5, 5.41) is 24.6. The van der Waals surface area contributed by atoms with Crippen LogP contribution in [0, 0.1) is 5.41 Å². The van der Waals surface area contributed by atoms with Crippen molar-refractivity contribution in [1.82, 2.24) is 5.32 Å². The monoisotopic (exact) mass is 279 g/mol. The average Bonchev–Trinajstić information content (AvgIpc) is 2.36. The van der Waals surface area contributed by atoms with E-state index in [4.69, 9.17) is 10.9 Å². The Labute approximate surface area is 120 Å². The van der Waals surface area contributed by atoms with Gasteiger partial charge in [-0.1, -0.05) is 50.2 Å². The zero-order valence-electron chi connectivity index (χ0n) is 12.4. The van der Waals surface area contributed by atoms with Gasteiger partial charge in [-0.3, -0.25) is 0 Å². The summed E-state index contributed by atoms with van der Waals surface area (Å²) in [4.78, 5) is 0. The van der Waals surface area contributed by atoms with Crippen molar-refractivity contribution in [2.45, 2.75) is 39.8 Å². The van der Waals surface area contributed by atoms with E-state index in [1.807, 2.05) is 12.1 Å². The van der Waals surface area contributed by atoms with Crippen LogP contribution in [0.15, 0.2) is 29.4 Å². The number of nitrogens with two attached hydrogens (primary N) is 1. The van der Waals surface area contributed by atoms with E-state index in [-0.39, 0.29) is 17.4 Å². The lowest BCUT2D eigenvalue weighted by Gasteiger charge is -2.22. The van der Waals surface area contributed by atoms with Crippen molar-refractivity contribution < 1.29 is 10.3 Å². The predicted molar refractivity (Wildman–Crippen MR) is 80.7 cm³/mol. The van der Waals surface area contributed by atoms with Crippen molar-refractivity contribution in [2.24, 2.45) is 16.3 Å². The van der Waals surface area contributed by atoms with Crippen LogP contribution >= 0.6 is 0 Å². The molecule has 0 heterocycles. The summed E-state index contributed by atoms with van der Waals surface area (Å²) in [6.07, 6.45) is 0.425. The number of hydrogen-bond donors (Lipinski definition) is 4. The number of benzene rings is 1. The van der Waals surface area contributed by atoms with Crippen molar-refractivity contribution >= 4 is 5.84 Å². The summed E-state index contributed by atoms with van der Waals surface area (Å²) >= 11 is 0. The quantitative estimate of drug-likeness (QED) is 0.276. The fourth-order valence-corrected chi connectivity index (χ4v) is 2.01. The van der Waals surface area contributed by atoms with Gasteiger partial charge in [0.25, 0.3) is 0 Å². The van der Waals surface area contributed by atoms with Crippen molar-refractivity contribution in [2.75, 3.05) is 6.54 Å². The molecular weight excluding hydrogens is 254 g/mol. The number of aliphatic hydroxyl groups excluding tert-OH is 1. The van der Waals surface area contributed by atoms with Crippen LogP contribution in [-0.2, 0) is 6.54 Å². The molecule has 5 heteroatoms. The van der Waals surface area contributed by atoms with E-state index in [0.29, 0.717) is 18.7 Å². The van der Waals surface area contributed by atoms with Gasteiger partial charge in [0, 0.05) is 18.7 Å². The van der Waals surface area contributed by atoms with Crippen LogP contribution in [0.25, 0.3) is 0 Å². The van der Waals surface area contributed by atoms with Gasteiger partial charge >= 0.3 is 0 Å². The van der Waals surface area contributed by atoms with Gasteiger partial charge in [-0.25, -0.2) is 0 Å². The molecule has 0 saturated heterocycles. The van der Waals surface area contributed by atoms with Crippen molar-refractivity contribution in [3.05, 3.63) is 35.4 Å². The number of oxime groups is 1. The minimum Gasteiger partial charge on any atom is -0.409 e. The first-order chi connectivity index (χ1) is 9.31. The molecule has 0 saturated carbocycles. The maximum absolute atomic E-state index is 9.89. The molecule has 1 rings (SSSR count). The van der Waals surface area contributed by atoms with Crippen molar-refractivity contribution in [1.29, 1.82) is 0 Å². The number of aliphatic hydroxyl groups is 1. The van der Waals surface area contributed by atoms with Gasteiger partial charge in [-0.15, -0.1) is 0 Å². The van der Waals surface area contributed by atoms with E-state index in [2.05, 4.69) is 31.2 Å². The van der Waals surface area contributed by atoms with Gasteiger partial charge in [0.1, 0.15) is 0 Å². The number of nitrogens with zero attached hydrogens (tertiary/aromatic N) is 1. The molecule has 0 aliphatic heterocycles. The molecule has 1 aromatic carbocycles. The summed E-state index contributed by atoms with van der Waals surface area (Å²) in [5.74, 6) is 0.102. The second-order valence-electron chi connectivity index (χ2n) is 6.23. The first kappa shape index (κ1) is 16.5. The Bertz CT molecular complexity index is 435. The minimum atomic E-state index is -0.341. The highest BCUT2D eigenvalue weighted by molar-refractivity contribution is 5.96. The highest BCUT2D eigenvalue weighted by atomic mass is 16.4. The van der Waals surface area contributed by atoms with Gasteiger partial charge in [0.2, 0.25) is 0 Å². The molecule has 112 valence electrons. The van der Waals surface area contributed by atoms with Crippen LogP contribution in [0.5, 0.6) is 0 Å². The van der Waals surface area contributed by atoms with E-state index in [9.17, 15) is 5.11 Å². The Morgan fingerprint density at radius 3 is 2.40 bits per heavy atom. The second-order valence-corrected chi connectivity index (χ2v) is 6.23. The average molecular weight is 279 g/mol. The predicted octanol–water partition coefficient (Wildman–Crippen LogP) is 1.67. The van der Waals surface area contributed by atoms with Gasteiger partial charge in [0.05, 0.1) is 6.10 Å². The molecule has 1 unspecified atom stereocenters. The fourth-order valence-electron chi connectivity index (χ4n) is 2.01. The van der Waals surface area contributed by atoms with Crippen LogP contribution in [0.2, 0.25) is 0 Å². The molecule has 1 aromatic rings. The van der Waals surface area contributed by atoms with Crippen LogP contribution in [-0.4, -0.2) is 28.8 Å². The Hall–Kier alpha value is -1.59. The summed E-state index contributed by atoms with van der Waals surface area (Å²) in [6.45, 7) is 7.59. The Kier molecular flexibility index (Phi) is 5.98. The maximum Gasteiger partial charge on any atom is 0.170 e. The summed E-state index contributed by atoms with van der Waals surface area (Å²) in [7, 11) is 0. The van der Waals surface area contributed by atoms with Crippen molar-refractivity contribution in [3.8, 4) is 0 Å². The third-order valence-corrected chi connectivity index (χ3v) is 2.91.